The Morgan fingerprint density at radius 3 is 2.32 bits per heavy atom. The number of carbonyl (C=O) groups excluding carboxylic acids is 2. The van der Waals surface area contributed by atoms with Gasteiger partial charge in [0, 0.05) is 17.3 Å². The van der Waals surface area contributed by atoms with E-state index < -0.39 is 21.8 Å². The minimum Gasteiger partial charge on any atom is -0.347 e. The van der Waals surface area contributed by atoms with Crippen molar-refractivity contribution < 1.29 is 18.0 Å². The van der Waals surface area contributed by atoms with Crippen LogP contribution < -0.4 is 15.8 Å². The summed E-state index contributed by atoms with van der Waals surface area (Å²) in [5.41, 5.74) is 1.22. The third-order valence-corrected chi connectivity index (χ3v) is 4.40. The van der Waals surface area contributed by atoms with Gasteiger partial charge in [-0.1, -0.05) is 29.8 Å². The summed E-state index contributed by atoms with van der Waals surface area (Å²) in [4.78, 5) is 23.5. The molecule has 2 rings (SSSR count). The van der Waals surface area contributed by atoms with E-state index in [1.165, 1.54) is 18.2 Å². The number of hydrogen-bond donors (Lipinski definition) is 3. The highest BCUT2D eigenvalue weighted by atomic mass is 35.5. The predicted octanol–water partition coefficient (Wildman–Crippen LogP) is 1.28. The standard InChI is InChI=1S/C16H16ClN3O4S/c17-12-2-1-3-13(10-12)20-16(22)15(21)19-9-8-11-4-6-14(7-5-11)25(18,23)24/h1-7,10H,8-9H2,(H,19,21)(H,20,22)(H2,18,23,24). The number of nitrogens with two attached hydrogens (primary N) is 1. The zero-order valence-electron chi connectivity index (χ0n) is 13.0. The molecule has 0 saturated carbocycles. The van der Waals surface area contributed by atoms with E-state index in [9.17, 15) is 18.0 Å². The van der Waals surface area contributed by atoms with Gasteiger partial charge in [-0.2, -0.15) is 0 Å². The third-order valence-electron chi connectivity index (χ3n) is 3.24. The lowest BCUT2D eigenvalue weighted by atomic mass is 10.1. The zero-order valence-corrected chi connectivity index (χ0v) is 14.6. The monoisotopic (exact) mass is 381 g/mol. The lowest BCUT2D eigenvalue weighted by Gasteiger charge is -2.07. The summed E-state index contributed by atoms with van der Waals surface area (Å²) in [6.45, 7) is 0.219. The van der Waals surface area contributed by atoms with Crippen LogP contribution in [0, 0.1) is 0 Å². The molecule has 4 N–H and O–H groups in total. The molecule has 0 aliphatic carbocycles. The number of sulfonamides is 1. The van der Waals surface area contributed by atoms with Gasteiger partial charge in [0.1, 0.15) is 0 Å². The average Bonchev–Trinajstić information content (AvgIpc) is 2.54. The van der Waals surface area contributed by atoms with Gasteiger partial charge in [0.2, 0.25) is 10.0 Å². The van der Waals surface area contributed by atoms with Crippen molar-refractivity contribution in [2.24, 2.45) is 5.14 Å². The Morgan fingerprint density at radius 1 is 1.04 bits per heavy atom. The van der Waals surface area contributed by atoms with Gasteiger partial charge in [-0.25, -0.2) is 13.6 Å². The zero-order chi connectivity index (χ0) is 18.4. The Labute approximate surface area is 150 Å². The molecule has 0 aliphatic rings. The highest BCUT2D eigenvalue weighted by Crippen LogP contribution is 2.14. The van der Waals surface area contributed by atoms with Gasteiger partial charge in [-0.15, -0.1) is 0 Å². The molecule has 7 nitrogen and oxygen atoms in total. The molecule has 0 fully saturated rings. The van der Waals surface area contributed by atoms with Crippen molar-refractivity contribution >= 4 is 39.1 Å². The van der Waals surface area contributed by atoms with Gasteiger partial charge in [-0.3, -0.25) is 9.59 Å². The number of benzene rings is 2. The number of amides is 2. The molecule has 0 spiro atoms. The number of hydrogen-bond acceptors (Lipinski definition) is 4. The van der Waals surface area contributed by atoms with Crippen LogP contribution in [0.1, 0.15) is 5.56 Å². The number of halogens is 1. The lowest BCUT2D eigenvalue weighted by Crippen LogP contribution is -2.36. The van der Waals surface area contributed by atoms with Crippen molar-refractivity contribution in [1.82, 2.24) is 5.32 Å². The van der Waals surface area contributed by atoms with Crippen LogP contribution in [0.3, 0.4) is 0 Å². The average molecular weight is 382 g/mol. The Kier molecular flexibility index (Phi) is 6.13. The van der Waals surface area contributed by atoms with Crippen LogP contribution in [0.25, 0.3) is 0 Å². The van der Waals surface area contributed by atoms with Crippen molar-refractivity contribution in [2.75, 3.05) is 11.9 Å². The van der Waals surface area contributed by atoms with Crippen LogP contribution in [-0.2, 0) is 26.0 Å². The third kappa shape index (κ3) is 5.86. The van der Waals surface area contributed by atoms with E-state index in [4.69, 9.17) is 16.7 Å². The van der Waals surface area contributed by atoms with Gasteiger partial charge < -0.3 is 10.6 Å². The van der Waals surface area contributed by atoms with Crippen LogP contribution >= 0.6 is 11.6 Å². The maximum absolute atomic E-state index is 11.8. The van der Waals surface area contributed by atoms with Gasteiger partial charge in [-0.05, 0) is 42.3 Å². The first-order valence-corrected chi connectivity index (χ1v) is 9.14. The number of rotatable bonds is 5. The molecule has 0 aliphatic heterocycles. The molecular weight excluding hydrogens is 366 g/mol. The van der Waals surface area contributed by atoms with Crippen molar-refractivity contribution in [2.45, 2.75) is 11.3 Å². The molecule has 25 heavy (non-hydrogen) atoms. The maximum Gasteiger partial charge on any atom is 0.313 e. The quantitative estimate of drug-likeness (QED) is 0.676. The molecule has 2 amide bonds. The second kappa shape index (κ2) is 8.11. The lowest BCUT2D eigenvalue weighted by molar-refractivity contribution is -0.136. The maximum atomic E-state index is 11.8. The van der Waals surface area contributed by atoms with E-state index in [0.29, 0.717) is 17.1 Å². The summed E-state index contributed by atoms with van der Waals surface area (Å²) in [5.74, 6) is -1.58. The second-order valence-corrected chi connectivity index (χ2v) is 7.16. The summed E-state index contributed by atoms with van der Waals surface area (Å²) in [6, 6.07) is 12.4. The van der Waals surface area contributed by atoms with E-state index in [1.807, 2.05) is 0 Å². The number of nitrogens with one attached hydrogen (secondary N) is 2. The predicted molar refractivity (Wildman–Crippen MR) is 94.6 cm³/mol. The first-order chi connectivity index (χ1) is 11.8. The van der Waals surface area contributed by atoms with Crippen LogP contribution in [-0.4, -0.2) is 26.8 Å². The first kappa shape index (κ1) is 18.9. The Bertz CT molecular complexity index is 883. The SMILES string of the molecule is NS(=O)(=O)c1ccc(CCNC(=O)C(=O)Nc2cccc(Cl)c2)cc1. The molecule has 0 radical (unpaired) electrons. The fraction of sp³-hybridized carbons (Fsp3) is 0.125. The van der Waals surface area contributed by atoms with Crippen molar-refractivity contribution in [3.8, 4) is 0 Å². The minimum absolute atomic E-state index is 0.0150. The van der Waals surface area contributed by atoms with Crippen LogP contribution in [0.4, 0.5) is 5.69 Å². The van der Waals surface area contributed by atoms with Crippen LogP contribution in [0.2, 0.25) is 5.02 Å². The van der Waals surface area contributed by atoms with E-state index in [-0.39, 0.29) is 11.4 Å². The van der Waals surface area contributed by atoms with Gasteiger partial charge >= 0.3 is 11.8 Å². The second-order valence-electron chi connectivity index (χ2n) is 5.16. The summed E-state index contributed by atoms with van der Waals surface area (Å²) < 4.78 is 22.3. The van der Waals surface area contributed by atoms with Gasteiger partial charge in [0.25, 0.3) is 0 Å². The number of anilines is 1. The highest BCUT2D eigenvalue weighted by molar-refractivity contribution is 7.89. The van der Waals surface area contributed by atoms with Crippen molar-refractivity contribution in [1.29, 1.82) is 0 Å². The first-order valence-electron chi connectivity index (χ1n) is 7.22. The topological polar surface area (TPSA) is 118 Å². The Balaban J connectivity index is 1.82. The fourth-order valence-corrected chi connectivity index (χ4v) is 2.71. The summed E-state index contributed by atoms with van der Waals surface area (Å²) in [7, 11) is -3.73. The molecule has 9 heteroatoms. The molecule has 132 valence electrons. The summed E-state index contributed by atoms with van der Waals surface area (Å²) in [5, 5.41) is 10.4. The Hall–Kier alpha value is -2.42. The summed E-state index contributed by atoms with van der Waals surface area (Å²) >= 11 is 5.80. The van der Waals surface area contributed by atoms with Crippen molar-refractivity contribution in [3.63, 3.8) is 0 Å². The molecule has 0 heterocycles. The molecule has 0 saturated heterocycles. The van der Waals surface area contributed by atoms with E-state index >= 15 is 0 Å². The van der Waals surface area contributed by atoms with Gasteiger partial charge in [0.15, 0.2) is 0 Å². The molecule has 2 aromatic carbocycles. The van der Waals surface area contributed by atoms with Crippen molar-refractivity contribution in [3.05, 3.63) is 59.1 Å². The highest BCUT2D eigenvalue weighted by Gasteiger charge is 2.13. The van der Waals surface area contributed by atoms with E-state index in [1.54, 1.807) is 30.3 Å². The van der Waals surface area contributed by atoms with Crippen LogP contribution in [0.5, 0.6) is 0 Å². The molecule has 2 aromatic rings. The molecule has 0 unspecified atom stereocenters. The molecular formula is C16H16ClN3O4S. The minimum atomic E-state index is -3.73. The van der Waals surface area contributed by atoms with E-state index in [0.717, 1.165) is 5.56 Å². The number of carbonyl (C=O) groups is 2. The fourth-order valence-electron chi connectivity index (χ4n) is 2.00. The van der Waals surface area contributed by atoms with Gasteiger partial charge in [0.05, 0.1) is 4.90 Å². The molecule has 0 atom stereocenters. The number of primary sulfonamides is 1. The van der Waals surface area contributed by atoms with Crippen LogP contribution in [0.15, 0.2) is 53.4 Å². The molecule has 0 bridgehead atoms. The van der Waals surface area contributed by atoms with E-state index in [2.05, 4.69) is 10.6 Å². The normalized spacial score (nSPS) is 11.0. The Morgan fingerprint density at radius 2 is 1.72 bits per heavy atom. The smallest absolute Gasteiger partial charge is 0.313 e. The molecule has 0 aromatic heterocycles. The summed E-state index contributed by atoms with van der Waals surface area (Å²) in [6.07, 6.45) is 0.432. The largest absolute Gasteiger partial charge is 0.347 e.